The van der Waals surface area contributed by atoms with Gasteiger partial charge in [-0.1, -0.05) is 18.9 Å². The van der Waals surface area contributed by atoms with Crippen LogP contribution in [0.5, 0.6) is 17.2 Å². The van der Waals surface area contributed by atoms with Crippen molar-refractivity contribution in [2.45, 2.75) is 52.4 Å². The van der Waals surface area contributed by atoms with E-state index in [9.17, 15) is 13.2 Å². The van der Waals surface area contributed by atoms with E-state index in [-0.39, 0.29) is 22.4 Å². The van der Waals surface area contributed by atoms with Gasteiger partial charge >= 0.3 is 6.01 Å². The van der Waals surface area contributed by atoms with Crippen LogP contribution in [0.1, 0.15) is 57.8 Å². The predicted molar refractivity (Wildman–Crippen MR) is 147 cm³/mol. The summed E-state index contributed by atoms with van der Waals surface area (Å²) in [5.74, 6) is 1.04. The minimum atomic E-state index is -3.65. The van der Waals surface area contributed by atoms with Crippen molar-refractivity contribution in [3.05, 3.63) is 42.0 Å². The Hall–Kier alpha value is -3.64. The molecule has 0 bridgehead atoms. The largest absolute Gasteiger partial charge is 0.490 e. The number of carbonyl (C=O) groups is 1. The van der Waals surface area contributed by atoms with Gasteiger partial charge in [0.25, 0.3) is 5.91 Å². The fourth-order valence-electron chi connectivity index (χ4n) is 3.85. The molecule has 0 aliphatic carbocycles. The number of benzene rings is 2. The third kappa shape index (κ3) is 7.27. The smallest absolute Gasteiger partial charge is 0.322 e. The molecule has 0 spiro atoms. The maximum atomic E-state index is 13.0. The van der Waals surface area contributed by atoms with Crippen LogP contribution in [0.15, 0.2) is 45.7 Å². The summed E-state index contributed by atoms with van der Waals surface area (Å²) in [5.41, 5.74) is 0.765. The number of anilines is 1. The summed E-state index contributed by atoms with van der Waals surface area (Å²) in [5, 5.41) is 10.5. The molecule has 12 heteroatoms. The van der Waals surface area contributed by atoms with Gasteiger partial charge < -0.3 is 18.6 Å². The maximum Gasteiger partial charge on any atom is 0.322 e. The first kappa shape index (κ1) is 29.9. The summed E-state index contributed by atoms with van der Waals surface area (Å²) in [6.45, 7) is 11.6. The molecule has 1 aromatic heterocycles. The fourth-order valence-corrected chi connectivity index (χ4v) is 5.47. The molecule has 0 fully saturated rings. The van der Waals surface area contributed by atoms with Gasteiger partial charge in [0.2, 0.25) is 21.7 Å². The lowest BCUT2D eigenvalue weighted by Crippen LogP contribution is -2.32. The van der Waals surface area contributed by atoms with E-state index >= 15 is 0 Å². The highest BCUT2D eigenvalue weighted by atomic mass is 32.2. The highest BCUT2D eigenvalue weighted by Gasteiger charge is 2.24. The Morgan fingerprint density at radius 3 is 1.95 bits per heavy atom. The van der Waals surface area contributed by atoms with Gasteiger partial charge in [-0.3, -0.25) is 10.1 Å². The number of nitrogens with zero attached hydrogens (tertiary/aromatic N) is 3. The fraction of sp³-hybridized carbons (Fsp3) is 0.444. The topological polar surface area (TPSA) is 133 Å². The van der Waals surface area contributed by atoms with Crippen LogP contribution >= 0.6 is 0 Å². The zero-order chi connectivity index (χ0) is 28.4. The number of hydrogen-bond donors (Lipinski definition) is 1. The number of nitrogens with one attached hydrogen (secondary N) is 1. The minimum Gasteiger partial charge on any atom is -0.490 e. The molecule has 3 rings (SSSR count). The molecule has 0 aliphatic heterocycles. The molecular weight excluding hydrogens is 524 g/mol. The molecule has 11 nitrogen and oxygen atoms in total. The lowest BCUT2D eigenvalue weighted by atomic mass is 10.2. The molecule has 212 valence electrons. The quantitative estimate of drug-likeness (QED) is 0.273. The molecule has 39 heavy (non-hydrogen) atoms. The van der Waals surface area contributed by atoms with E-state index in [0.717, 1.165) is 0 Å². The average molecular weight is 561 g/mol. The number of hydrogen-bond acceptors (Lipinski definition) is 9. The van der Waals surface area contributed by atoms with Gasteiger partial charge in [-0.05, 0) is 70.0 Å². The van der Waals surface area contributed by atoms with Crippen molar-refractivity contribution >= 4 is 21.9 Å². The van der Waals surface area contributed by atoms with Crippen LogP contribution in [0.2, 0.25) is 0 Å². The van der Waals surface area contributed by atoms with E-state index in [4.69, 9.17) is 18.6 Å². The molecule has 0 atom stereocenters. The van der Waals surface area contributed by atoms with Gasteiger partial charge in [0.15, 0.2) is 11.5 Å². The summed E-state index contributed by atoms with van der Waals surface area (Å²) in [7, 11) is -3.65. The van der Waals surface area contributed by atoms with E-state index in [0.29, 0.717) is 68.6 Å². The molecule has 0 aliphatic rings. The molecule has 1 N–H and O–H groups in total. The molecule has 0 radical (unpaired) electrons. The molecule has 2 aromatic carbocycles. The lowest BCUT2D eigenvalue weighted by molar-refractivity contribution is 0.102. The number of carbonyl (C=O) groups excluding carboxylic acids is 1. The third-order valence-electron chi connectivity index (χ3n) is 5.50. The second-order valence-corrected chi connectivity index (χ2v) is 10.3. The summed E-state index contributed by atoms with van der Waals surface area (Å²) in [6.07, 6.45) is 1.42. The standard InChI is InChI=1S/C27H36N4O7S/c1-6-15-31(16-7-2)39(33,34)21-13-11-19(12-14-21)25(32)28-27-30-29-26(38-27)20-17-22(35-8-3)24(37-10-5)23(18-20)36-9-4/h11-14,17-18H,6-10,15-16H2,1-5H3,(H,28,30,32). The minimum absolute atomic E-state index is 0.117. The molecule has 0 saturated carbocycles. The van der Waals surface area contributed by atoms with Gasteiger partial charge in [0.1, 0.15) is 0 Å². The summed E-state index contributed by atoms with van der Waals surface area (Å²) in [4.78, 5) is 12.9. The predicted octanol–water partition coefficient (Wildman–Crippen LogP) is 5.00. The van der Waals surface area contributed by atoms with Gasteiger partial charge in [0.05, 0.1) is 24.7 Å². The van der Waals surface area contributed by atoms with Crippen LogP contribution in [0.25, 0.3) is 11.5 Å². The summed E-state index contributed by atoms with van der Waals surface area (Å²) >= 11 is 0. The van der Waals surface area contributed by atoms with E-state index in [2.05, 4.69) is 15.5 Å². The Labute approximate surface area is 229 Å². The Morgan fingerprint density at radius 1 is 0.872 bits per heavy atom. The van der Waals surface area contributed by atoms with E-state index in [1.165, 1.54) is 28.6 Å². The molecule has 0 unspecified atom stereocenters. The summed E-state index contributed by atoms with van der Waals surface area (Å²) < 4.78 is 50.3. The summed E-state index contributed by atoms with van der Waals surface area (Å²) in [6, 6.07) is 9.04. The van der Waals surface area contributed by atoms with Gasteiger partial charge in [0, 0.05) is 24.2 Å². The van der Waals surface area contributed by atoms with Gasteiger partial charge in [-0.2, -0.15) is 4.31 Å². The normalized spacial score (nSPS) is 11.4. The van der Waals surface area contributed by atoms with Crippen LogP contribution in [0.4, 0.5) is 6.01 Å². The van der Waals surface area contributed by atoms with Crippen molar-refractivity contribution in [1.82, 2.24) is 14.5 Å². The van der Waals surface area contributed by atoms with Crippen LogP contribution < -0.4 is 19.5 Å². The first-order valence-corrected chi connectivity index (χ1v) is 14.5. The lowest BCUT2D eigenvalue weighted by Gasteiger charge is -2.21. The average Bonchev–Trinajstić information content (AvgIpc) is 3.39. The number of sulfonamides is 1. The van der Waals surface area contributed by atoms with E-state index in [1.807, 2.05) is 34.6 Å². The zero-order valence-corrected chi connectivity index (χ0v) is 23.8. The second-order valence-electron chi connectivity index (χ2n) is 8.40. The number of aromatic nitrogens is 2. The van der Waals surface area contributed by atoms with Gasteiger partial charge in [-0.15, -0.1) is 5.10 Å². The Morgan fingerprint density at radius 2 is 1.44 bits per heavy atom. The number of ether oxygens (including phenoxy) is 3. The van der Waals surface area contributed by atoms with Crippen molar-refractivity contribution in [2.75, 3.05) is 38.2 Å². The van der Waals surface area contributed by atoms with Crippen LogP contribution in [-0.4, -0.2) is 61.7 Å². The molecule has 3 aromatic rings. The van der Waals surface area contributed by atoms with E-state index < -0.39 is 15.9 Å². The molecular formula is C27H36N4O7S. The third-order valence-corrected chi connectivity index (χ3v) is 7.41. The molecule has 1 amide bonds. The molecule has 0 saturated heterocycles. The monoisotopic (exact) mass is 560 g/mol. The Balaban J connectivity index is 1.80. The van der Waals surface area contributed by atoms with Crippen molar-refractivity contribution in [3.63, 3.8) is 0 Å². The first-order valence-electron chi connectivity index (χ1n) is 13.1. The highest BCUT2D eigenvalue weighted by Crippen LogP contribution is 2.41. The Bertz CT molecular complexity index is 1310. The van der Waals surface area contributed by atoms with Gasteiger partial charge in [-0.25, -0.2) is 8.42 Å². The van der Waals surface area contributed by atoms with Crippen LogP contribution in [-0.2, 0) is 10.0 Å². The highest BCUT2D eigenvalue weighted by molar-refractivity contribution is 7.89. The Kier molecular flexibility index (Phi) is 10.7. The van der Waals surface area contributed by atoms with Crippen LogP contribution in [0.3, 0.4) is 0 Å². The number of amides is 1. The van der Waals surface area contributed by atoms with Crippen molar-refractivity contribution in [2.24, 2.45) is 0 Å². The SMILES string of the molecule is CCCN(CCC)S(=O)(=O)c1ccc(C(=O)Nc2nnc(-c3cc(OCC)c(OCC)c(OCC)c3)o2)cc1. The van der Waals surface area contributed by atoms with Crippen molar-refractivity contribution in [3.8, 4) is 28.7 Å². The molecule has 1 heterocycles. The first-order chi connectivity index (χ1) is 18.8. The maximum absolute atomic E-state index is 13.0. The zero-order valence-electron chi connectivity index (χ0n) is 23.0. The van der Waals surface area contributed by atoms with Crippen LogP contribution in [0, 0.1) is 0 Å². The second kappa shape index (κ2) is 13.9. The van der Waals surface area contributed by atoms with Crippen molar-refractivity contribution in [1.29, 1.82) is 0 Å². The van der Waals surface area contributed by atoms with Crippen molar-refractivity contribution < 1.29 is 31.8 Å². The van der Waals surface area contributed by atoms with E-state index in [1.54, 1.807) is 12.1 Å². The number of rotatable bonds is 15.